The van der Waals surface area contributed by atoms with Crippen LogP contribution in [-0.2, 0) is 13.5 Å². The van der Waals surface area contributed by atoms with Crippen LogP contribution < -0.4 is 11.1 Å². The Hall–Kier alpha value is -2.04. The molecular formula is C12H17N5. The lowest BCUT2D eigenvalue weighted by atomic mass is 10.3. The Balaban J connectivity index is 1.90. The molecule has 0 unspecified atom stereocenters. The summed E-state index contributed by atoms with van der Waals surface area (Å²) in [4.78, 5) is 4.36. The lowest BCUT2D eigenvalue weighted by molar-refractivity contribution is 0.711. The third-order valence-corrected chi connectivity index (χ3v) is 2.74. The summed E-state index contributed by atoms with van der Waals surface area (Å²) >= 11 is 0. The van der Waals surface area contributed by atoms with Gasteiger partial charge in [0, 0.05) is 31.9 Å². The first kappa shape index (κ1) is 11.4. The van der Waals surface area contributed by atoms with E-state index in [-0.39, 0.29) is 0 Å². The van der Waals surface area contributed by atoms with Gasteiger partial charge in [-0.1, -0.05) is 0 Å². The van der Waals surface area contributed by atoms with Crippen molar-refractivity contribution in [3.8, 4) is 0 Å². The smallest absolute Gasteiger partial charge is 0.126 e. The lowest BCUT2D eigenvalue weighted by Gasteiger charge is -2.07. The maximum atomic E-state index is 5.71. The number of nitrogens with one attached hydrogen (secondary N) is 1. The number of aromatic nitrogens is 3. The number of nitrogen functional groups attached to an aromatic ring is 1. The van der Waals surface area contributed by atoms with Crippen LogP contribution in [0, 0.1) is 6.92 Å². The summed E-state index contributed by atoms with van der Waals surface area (Å²) in [6, 6.07) is 5.78. The van der Waals surface area contributed by atoms with Crippen LogP contribution in [-0.4, -0.2) is 21.3 Å². The van der Waals surface area contributed by atoms with Crippen LogP contribution in [0.3, 0.4) is 0 Å². The monoisotopic (exact) mass is 231 g/mol. The number of aryl methyl sites for hydroxylation is 2. The van der Waals surface area contributed by atoms with E-state index < -0.39 is 0 Å². The minimum absolute atomic E-state index is 0.724. The molecule has 0 radical (unpaired) electrons. The van der Waals surface area contributed by atoms with Crippen LogP contribution in [0.25, 0.3) is 0 Å². The van der Waals surface area contributed by atoms with E-state index in [9.17, 15) is 0 Å². The normalized spacial score (nSPS) is 10.5. The molecule has 2 heterocycles. The summed E-state index contributed by atoms with van der Waals surface area (Å²) in [6.07, 6.45) is 2.72. The lowest BCUT2D eigenvalue weighted by Crippen LogP contribution is -2.09. The first-order chi connectivity index (χ1) is 8.16. The first-order valence-corrected chi connectivity index (χ1v) is 5.60. The topological polar surface area (TPSA) is 68.8 Å². The predicted octanol–water partition coefficient (Wildman–Crippen LogP) is 1.36. The average Bonchev–Trinajstić information content (AvgIpc) is 2.70. The van der Waals surface area contributed by atoms with E-state index in [2.05, 4.69) is 15.4 Å². The standard InChI is InChI=1S/C12H17N5/c1-9-11(13)3-4-12(16-9)14-7-5-10-6-8-15-17(10)2/h3-4,6,8H,5,7,13H2,1-2H3,(H,14,16). The fourth-order valence-corrected chi connectivity index (χ4v) is 1.64. The fraction of sp³-hybridized carbons (Fsp3) is 0.333. The molecule has 5 nitrogen and oxygen atoms in total. The van der Waals surface area contributed by atoms with Crippen molar-refractivity contribution < 1.29 is 0 Å². The van der Waals surface area contributed by atoms with Gasteiger partial charge in [-0.2, -0.15) is 5.10 Å². The summed E-state index contributed by atoms with van der Waals surface area (Å²) in [7, 11) is 1.95. The highest BCUT2D eigenvalue weighted by molar-refractivity contribution is 5.49. The molecule has 0 amide bonds. The van der Waals surface area contributed by atoms with Gasteiger partial charge in [0.05, 0.1) is 11.4 Å². The van der Waals surface area contributed by atoms with Crippen LogP contribution in [0.4, 0.5) is 11.5 Å². The van der Waals surface area contributed by atoms with E-state index in [1.807, 2.05) is 36.9 Å². The summed E-state index contributed by atoms with van der Waals surface area (Å²) in [5.74, 6) is 0.860. The number of rotatable bonds is 4. The minimum Gasteiger partial charge on any atom is -0.397 e. The van der Waals surface area contributed by atoms with Crippen LogP contribution in [0.5, 0.6) is 0 Å². The summed E-state index contributed by atoms with van der Waals surface area (Å²) in [5, 5.41) is 7.40. The molecule has 2 aromatic heterocycles. The highest BCUT2D eigenvalue weighted by Gasteiger charge is 2.00. The van der Waals surface area contributed by atoms with Crippen molar-refractivity contribution in [3.05, 3.63) is 35.8 Å². The highest BCUT2D eigenvalue weighted by Crippen LogP contribution is 2.11. The Labute approximate surface area is 101 Å². The minimum atomic E-state index is 0.724. The zero-order valence-electron chi connectivity index (χ0n) is 10.1. The molecule has 0 spiro atoms. The van der Waals surface area contributed by atoms with E-state index >= 15 is 0 Å². The van der Waals surface area contributed by atoms with Crippen LogP contribution in [0.15, 0.2) is 24.4 Å². The second kappa shape index (κ2) is 4.86. The number of hydrogen-bond donors (Lipinski definition) is 2. The highest BCUT2D eigenvalue weighted by atomic mass is 15.3. The van der Waals surface area contributed by atoms with Gasteiger partial charge in [-0.15, -0.1) is 0 Å². The third-order valence-electron chi connectivity index (χ3n) is 2.74. The van der Waals surface area contributed by atoms with Crippen molar-refractivity contribution in [2.45, 2.75) is 13.3 Å². The van der Waals surface area contributed by atoms with Crippen LogP contribution in [0.2, 0.25) is 0 Å². The molecule has 2 aromatic rings. The molecule has 0 aliphatic heterocycles. The molecule has 0 saturated heterocycles. The molecule has 0 aliphatic rings. The maximum Gasteiger partial charge on any atom is 0.126 e. The fourth-order valence-electron chi connectivity index (χ4n) is 1.64. The molecule has 90 valence electrons. The Bertz CT molecular complexity index is 503. The van der Waals surface area contributed by atoms with Gasteiger partial charge in [0.2, 0.25) is 0 Å². The number of nitrogens with zero attached hydrogens (tertiary/aromatic N) is 3. The molecule has 3 N–H and O–H groups in total. The SMILES string of the molecule is Cc1nc(NCCc2ccnn2C)ccc1N. The quantitative estimate of drug-likeness (QED) is 0.833. The molecule has 0 bridgehead atoms. The summed E-state index contributed by atoms with van der Waals surface area (Å²) < 4.78 is 1.88. The first-order valence-electron chi connectivity index (χ1n) is 5.60. The van der Waals surface area contributed by atoms with Gasteiger partial charge in [-0.3, -0.25) is 4.68 Å². The molecule has 0 fully saturated rings. The van der Waals surface area contributed by atoms with Gasteiger partial charge in [-0.05, 0) is 25.1 Å². The number of anilines is 2. The molecule has 5 heteroatoms. The molecule has 17 heavy (non-hydrogen) atoms. The number of pyridine rings is 1. The predicted molar refractivity (Wildman–Crippen MR) is 68.8 cm³/mol. The van der Waals surface area contributed by atoms with Gasteiger partial charge in [0.1, 0.15) is 5.82 Å². The molecule has 0 aliphatic carbocycles. The third kappa shape index (κ3) is 2.75. The summed E-state index contributed by atoms with van der Waals surface area (Å²) in [5.41, 5.74) is 8.49. The van der Waals surface area contributed by atoms with Crippen molar-refractivity contribution in [2.24, 2.45) is 7.05 Å². The van der Waals surface area contributed by atoms with Crippen molar-refractivity contribution >= 4 is 11.5 Å². The number of hydrogen-bond acceptors (Lipinski definition) is 4. The zero-order chi connectivity index (χ0) is 12.3. The van der Waals surface area contributed by atoms with Crippen LogP contribution in [0.1, 0.15) is 11.4 Å². The van der Waals surface area contributed by atoms with Gasteiger partial charge in [-0.25, -0.2) is 4.98 Å². The average molecular weight is 231 g/mol. The zero-order valence-corrected chi connectivity index (χ0v) is 10.1. The van der Waals surface area contributed by atoms with E-state index in [4.69, 9.17) is 5.73 Å². The van der Waals surface area contributed by atoms with E-state index in [0.717, 1.165) is 30.2 Å². The van der Waals surface area contributed by atoms with Gasteiger partial charge in [0.15, 0.2) is 0 Å². The Morgan fingerprint density at radius 1 is 1.35 bits per heavy atom. The summed E-state index contributed by atoms with van der Waals surface area (Å²) in [6.45, 7) is 2.73. The van der Waals surface area contributed by atoms with Crippen molar-refractivity contribution in [2.75, 3.05) is 17.6 Å². The maximum absolute atomic E-state index is 5.71. The van der Waals surface area contributed by atoms with E-state index in [0.29, 0.717) is 0 Å². The van der Waals surface area contributed by atoms with Gasteiger partial charge < -0.3 is 11.1 Å². The van der Waals surface area contributed by atoms with Crippen LogP contribution >= 0.6 is 0 Å². The van der Waals surface area contributed by atoms with Gasteiger partial charge >= 0.3 is 0 Å². The van der Waals surface area contributed by atoms with E-state index in [1.165, 1.54) is 5.69 Å². The Kier molecular flexibility index (Phi) is 3.27. The molecular weight excluding hydrogens is 214 g/mol. The van der Waals surface area contributed by atoms with Crippen molar-refractivity contribution in [3.63, 3.8) is 0 Å². The molecule has 0 aromatic carbocycles. The Morgan fingerprint density at radius 2 is 2.18 bits per heavy atom. The van der Waals surface area contributed by atoms with Crippen molar-refractivity contribution in [1.29, 1.82) is 0 Å². The second-order valence-electron chi connectivity index (χ2n) is 3.99. The molecule has 2 rings (SSSR count). The van der Waals surface area contributed by atoms with Gasteiger partial charge in [0.25, 0.3) is 0 Å². The molecule has 0 atom stereocenters. The Morgan fingerprint density at radius 3 is 2.82 bits per heavy atom. The van der Waals surface area contributed by atoms with Crippen molar-refractivity contribution in [1.82, 2.24) is 14.8 Å². The number of nitrogens with two attached hydrogens (primary N) is 1. The second-order valence-corrected chi connectivity index (χ2v) is 3.99. The molecule has 0 saturated carbocycles. The van der Waals surface area contributed by atoms with E-state index in [1.54, 1.807) is 6.20 Å². The largest absolute Gasteiger partial charge is 0.397 e.